The lowest BCUT2D eigenvalue weighted by atomic mass is 10.1. The SMILES string of the molecule is CC(=P)C1=CC=C(COc2ccc(Cc3ccccc3)cc2)C1. The molecule has 0 heterocycles. The Morgan fingerprint density at radius 3 is 2.30 bits per heavy atom. The van der Waals surface area contributed by atoms with E-state index in [0.29, 0.717) is 6.61 Å². The maximum atomic E-state index is 5.90. The van der Waals surface area contributed by atoms with Crippen molar-refractivity contribution in [2.24, 2.45) is 0 Å². The van der Waals surface area contributed by atoms with Crippen LogP contribution < -0.4 is 4.74 Å². The van der Waals surface area contributed by atoms with Crippen LogP contribution in [0.1, 0.15) is 24.5 Å². The summed E-state index contributed by atoms with van der Waals surface area (Å²) in [5.41, 5.74) is 5.28. The highest BCUT2D eigenvalue weighted by Gasteiger charge is 2.09. The van der Waals surface area contributed by atoms with Gasteiger partial charge in [-0.3, -0.25) is 0 Å². The van der Waals surface area contributed by atoms with Gasteiger partial charge in [-0.05, 0) is 59.5 Å². The Kier molecular flexibility index (Phi) is 5.10. The van der Waals surface area contributed by atoms with Gasteiger partial charge in [-0.1, -0.05) is 54.6 Å². The minimum atomic E-state index is 0.650. The minimum absolute atomic E-state index is 0.650. The molecular weight excluding hydrogens is 299 g/mol. The summed E-state index contributed by atoms with van der Waals surface area (Å²) in [6.45, 7) is 2.73. The van der Waals surface area contributed by atoms with Gasteiger partial charge in [-0.25, -0.2) is 0 Å². The van der Waals surface area contributed by atoms with Gasteiger partial charge in [0.2, 0.25) is 0 Å². The number of benzene rings is 2. The summed E-state index contributed by atoms with van der Waals surface area (Å²) in [5.74, 6) is 0.926. The largest absolute Gasteiger partial charge is 0.489 e. The lowest BCUT2D eigenvalue weighted by Crippen LogP contribution is -2.01. The number of ether oxygens (including phenoxy) is 1. The summed E-state index contributed by atoms with van der Waals surface area (Å²) >= 11 is 0. The third-order valence-electron chi connectivity index (χ3n) is 4.02. The molecule has 0 amide bonds. The molecule has 1 aliphatic rings. The molecule has 0 N–H and O–H groups in total. The second-order valence-electron chi connectivity index (χ2n) is 5.91. The van der Waals surface area contributed by atoms with E-state index in [0.717, 1.165) is 18.6 Å². The predicted molar refractivity (Wildman–Crippen MR) is 101 cm³/mol. The molecule has 1 nitrogen and oxygen atoms in total. The Morgan fingerprint density at radius 1 is 0.957 bits per heavy atom. The summed E-state index contributed by atoms with van der Waals surface area (Å²) in [5, 5.41) is 1.20. The van der Waals surface area contributed by atoms with Crippen LogP contribution in [-0.4, -0.2) is 11.9 Å². The highest BCUT2D eigenvalue weighted by atomic mass is 31.0. The quantitative estimate of drug-likeness (QED) is 0.661. The molecule has 2 aromatic carbocycles. The highest BCUT2D eigenvalue weighted by molar-refractivity contribution is 7.22. The Balaban J connectivity index is 1.52. The lowest BCUT2D eigenvalue weighted by molar-refractivity contribution is 0.350. The Bertz CT molecular complexity index is 739. The molecule has 0 saturated heterocycles. The fraction of sp³-hybridized carbons (Fsp3) is 0.190. The standard InChI is InChI=1S/C21H21OP/c1-16(23)20-10-7-19(14-20)15-22-21-11-8-18(9-12-21)13-17-5-3-2-4-6-17/h2-12,23H,13-15H2,1H3. The molecule has 0 saturated carbocycles. The topological polar surface area (TPSA) is 9.23 Å². The summed E-state index contributed by atoms with van der Waals surface area (Å²) in [6.07, 6.45) is 6.24. The van der Waals surface area contributed by atoms with E-state index in [4.69, 9.17) is 4.74 Å². The van der Waals surface area contributed by atoms with Crippen molar-refractivity contribution in [3.8, 4) is 5.75 Å². The van der Waals surface area contributed by atoms with Crippen molar-refractivity contribution in [1.29, 1.82) is 0 Å². The molecule has 23 heavy (non-hydrogen) atoms. The number of hydrogen-bond donors (Lipinski definition) is 0. The van der Waals surface area contributed by atoms with Crippen molar-refractivity contribution >= 4 is 14.2 Å². The second kappa shape index (κ2) is 7.44. The van der Waals surface area contributed by atoms with Gasteiger partial charge in [0.15, 0.2) is 0 Å². The van der Waals surface area contributed by atoms with Crippen LogP contribution in [0.2, 0.25) is 0 Å². The molecule has 1 aliphatic carbocycles. The van der Waals surface area contributed by atoms with Gasteiger partial charge in [-0.15, -0.1) is 8.86 Å². The maximum Gasteiger partial charge on any atom is 0.119 e. The smallest absolute Gasteiger partial charge is 0.119 e. The monoisotopic (exact) mass is 320 g/mol. The predicted octanol–water partition coefficient (Wildman–Crippen LogP) is 5.25. The summed E-state index contributed by atoms with van der Waals surface area (Å²) < 4.78 is 5.90. The zero-order valence-electron chi connectivity index (χ0n) is 13.4. The molecule has 0 radical (unpaired) electrons. The van der Waals surface area contributed by atoms with Crippen LogP contribution in [0.25, 0.3) is 0 Å². The average Bonchev–Trinajstić information content (AvgIpc) is 3.04. The summed E-state index contributed by atoms with van der Waals surface area (Å²) in [7, 11) is 3.58. The van der Waals surface area contributed by atoms with Gasteiger partial charge >= 0.3 is 0 Å². The van der Waals surface area contributed by atoms with Gasteiger partial charge < -0.3 is 4.74 Å². The van der Waals surface area contributed by atoms with Crippen LogP contribution in [0.15, 0.2) is 77.9 Å². The molecule has 3 rings (SSSR count). The first-order valence-electron chi connectivity index (χ1n) is 7.90. The van der Waals surface area contributed by atoms with E-state index in [9.17, 15) is 0 Å². The van der Waals surface area contributed by atoms with E-state index >= 15 is 0 Å². The van der Waals surface area contributed by atoms with E-state index in [1.54, 1.807) is 0 Å². The van der Waals surface area contributed by atoms with Crippen LogP contribution >= 0.6 is 8.86 Å². The maximum absolute atomic E-state index is 5.90. The normalized spacial score (nSPS) is 13.4. The van der Waals surface area contributed by atoms with Crippen molar-refractivity contribution in [1.82, 2.24) is 0 Å². The van der Waals surface area contributed by atoms with Crippen LogP contribution in [0.5, 0.6) is 5.75 Å². The van der Waals surface area contributed by atoms with Crippen molar-refractivity contribution in [2.75, 3.05) is 6.61 Å². The zero-order chi connectivity index (χ0) is 16.1. The first-order valence-corrected chi connectivity index (χ1v) is 8.40. The number of hydrogen-bond acceptors (Lipinski definition) is 1. The average molecular weight is 320 g/mol. The van der Waals surface area contributed by atoms with Gasteiger partial charge in [0, 0.05) is 0 Å². The van der Waals surface area contributed by atoms with Gasteiger partial charge in [-0.2, -0.15) is 0 Å². The van der Waals surface area contributed by atoms with E-state index in [1.807, 2.05) is 6.07 Å². The molecule has 0 atom stereocenters. The lowest BCUT2D eigenvalue weighted by Gasteiger charge is -2.09. The molecule has 0 unspecified atom stereocenters. The third-order valence-corrected chi connectivity index (χ3v) is 4.34. The molecule has 0 spiro atoms. The van der Waals surface area contributed by atoms with E-state index in [2.05, 4.69) is 76.5 Å². The van der Waals surface area contributed by atoms with Crippen molar-refractivity contribution in [3.63, 3.8) is 0 Å². The van der Waals surface area contributed by atoms with Gasteiger partial charge in [0.1, 0.15) is 12.4 Å². The van der Waals surface area contributed by atoms with Crippen molar-refractivity contribution < 1.29 is 4.74 Å². The van der Waals surface area contributed by atoms with Gasteiger partial charge in [0.25, 0.3) is 0 Å². The summed E-state index contributed by atoms with van der Waals surface area (Å²) in [4.78, 5) is 0. The highest BCUT2D eigenvalue weighted by Crippen LogP contribution is 2.22. The molecule has 0 aliphatic heterocycles. The first-order chi connectivity index (χ1) is 11.2. The molecule has 2 aromatic rings. The summed E-state index contributed by atoms with van der Waals surface area (Å²) in [6, 6.07) is 18.9. The van der Waals surface area contributed by atoms with E-state index in [1.165, 1.54) is 27.6 Å². The van der Waals surface area contributed by atoms with Crippen LogP contribution in [0, 0.1) is 0 Å². The van der Waals surface area contributed by atoms with E-state index in [-0.39, 0.29) is 0 Å². The Morgan fingerprint density at radius 2 is 1.65 bits per heavy atom. The molecule has 0 fully saturated rings. The van der Waals surface area contributed by atoms with Crippen molar-refractivity contribution in [2.45, 2.75) is 19.8 Å². The number of rotatable bonds is 6. The van der Waals surface area contributed by atoms with Crippen LogP contribution in [0.4, 0.5) is 0 Å². The molecule has 0 bridgehead atoms. The fourth-order valence-corrected chi connectivity index (χ4v) is 2.82. The second-order valence-corrected chi connectivity index (χ2v) is 6.66. The van der Waals surface area contributed by atoms with E-state index < -0.39 is 0 Å². The molecule has 116 valence electrons. The molecule has 2 heteroatoms. The fourth-order valence-electron chi connectivity index (χ4n) is 2.65. The molecule has 0 aromatic heterocycles. The Hall–Kier alpha value is -2.11. The van der Waals surface area contributed by atoms with Crippen LogP contribution in [0.3, 0.4) is 0 Å². The number of allylic oxidation sites excluding steroid dienone is 3. The minimum Gasteiger partial charge on any atom is -0.489 e. The Labute approximate surface area is 140 Å². The van der Waals surface area contributed by atoms with Crippen LogP contribution in [-0.2, 0) is 6.42 Å². The molecular formula is C21H21OP. The van der Waals surface area contributed by atoms with Crippen molar-refractivity contribution in [3.05, 3.63) is 89.0 Å². The zero-order valence-corrected chi connectivity index (χ0v) is 14.4. The third kappa shape index (κ3) is 4.43. The van der Waals surface area contributed by atoms with Gasteiger partial charge in [0.05, 0.1) is 0 Å². The first kappa shape index (κ1) is 15.8.